The largest absolute Gasteiger partial charge is 0.310 e. The molecule has 0 aliphatic heterocycles. The van der Waals surface area contributed by atoms with Gasteiger partial charge in [0.2, 0.25) is 0 Å². The van der Waals surface area contributed by atoms with E-state index in [2.05, 4.69) is 38.2 Å². The number of hydrogen-bond acceptors (Lipinski definition) is 1. The molecule has 1 N–H and O–H groups in total. The highest BCUT2D eigenvalue weighted by molar-refractivity contribution is 6.30. The molecule has 0 aromatic heterocycles. The number of hydrogen-bond donors (Lipinski definition) is 1. The van der Waals surface area contributed by atoms with Crippen LogP contribution in [0.4, 0.5) is 0 Å². The SMILES string of the molecule is CCCNC1c2cc(Cl)cc(C)c2CC1C. The summed E-state index contributed by atoms with van der Waals surface area (Å²) in [6.07, 6.45) is 2.36. The first kappa shape index (κ1) is 11.9. The van der Waals surface area contributed by atoms with Crippen molar-refractivity contribution in [2.24, 2.45) is 5.92 Å². The van der Waals surface area contributed by atoms with Gasteiger partial charge in [0.25, 0.3) is 0 Å². The zero-order valence-corrected chi connectivity index (χ0v) is 11.1. The molecule has 0 fully saturated rings. The Morgan fingerprint density at radius 3 is 2.88 bits per heavy atom. The van der Waals surface area contributed by atoms with Crippen LogP contribution in [-0.4, -0.2) is 6.54 Å². The Morgan fingerprint density at radius 1 is 1.44 bits per heavy atom. The number of fused-ring (bicyclic) bond motifs is 1. The van der Waals surface area contributed by atoms with E-state index in [1.54, 1.807) is 0 Å². The molecule has 0 saturated carbocycles. The highest BCUT2D eigenvalue weighted by Crippen LogP contribution is 2.39. The summed E-state index contributed by atoms with van der Waals surface area (Å²) in [5.41, 5.74) is 4.27. The molecule has 0 radical (unpaired) electrons. The molecule has 2 atom stereocenters. The molecule has 0 saturated heterocycles. The fourth-order valence-corrected chi connectivity index (χ4v) is 2.99. The van der Waals surface area contributed by atoms with Crippen molar-refractivity contribution in [2.75, 3.05) is 6.54 Å². The van der Waals surface area contributed by atoms with Gasteiger partial charge < -0.3 is 5.32 Å². The minimum Gasteiger partial charge on any atom is -0.310 e. The monoisotopic (exact) mass is 237 g/mol. The molecule has 1 aromatic carbocycles. The average Bonchev–Trinajstić information content (AvgIpc) is 2.53. The second-order valence-corrected chi connectivity index (χ2v) is 5.34. The Labute approximate surface area is 103 Å². The van der Waals surface area contributed by atoms with Crippen molar-refractivity contribution >= 4 is 11.6 Å². The summed E-state index contributed by atoms with van der Waals surface area (Å²) < 4.78 is 0. The van der Waals surface area contributed by atoms with Gasteiger partial charge in [-0.25, -0.2) is 0 Å². The Kier molecular flexibility index (Phi) is 3.56. The van der Waals surface area contributed by atoms with Gasteiger partial charge in [-0.15, -0.1) is 0 Å². The molecular weight excluding hydrogens is 218 g/mol. The zero-order valence-electron chi connectivity index (χ0n) is 10.3. The van der Waals surface area contributed by atoms with E-state index in [0.717, 1.165) is 11.6 Å². The minimum atomic E-state index is 0.493. The van der Waals surface area contributed by atoms with Gasteiger partial charge >= 0.3 is 0 Å². The van der Waals surface area contributed by atoms with E-state index in [9.17, 15) is 0 Å². The van der Waals surface area contributed by atoms with Gasteiger partial charge in [0.15, 0.2) is 0 Å². The molecule has 0 heterocycles. The summed E-state index contributed by atoms with van der Waals surface area (Å²) in [6.45, 7) is 7.77. The number of benzene rings is 1. The maximum Gasteiger partial charge on any atom is 0.0412 e. The standard InChI is InChI=1S/C14H20ClN/c1-4-5-16-14-10(3)7-12-9(2)6-11(15)8-13(12)14/h6,8,10,14,16H,4-5,7H2,1-3H3. The van der Waals surface area contributed by atoms with Crippen molar-refractivity contribution in [2.45, 2.75) is 39.7 Å². The van der Waals surface area contributed by atoms with Crippen LogP contribution in [0.25, 0.3) is 0 Å². The van der Waals surface area contributed by atoms with Gasteiger partial charge in [-0.1, -0.05) is 25.4 Å². The van der Waals surface area contributed by atoms with E-state index in [1.807, 2.05) is 0 Å². The summed E-state index contributed by atoms with van der Waals surface area (Å²) in [5.74, 6) is 0.679. The number of nitrogens with one attached hydrogen (secondary N) is 1. The van der Waals surface area contributed by atoms with Gasteiger partial charge in [-0.05, 0) is 61.1 Å². The van der Waals surface area contributed by atoms with E-state index in [0.29, 0.717) is 12.0 Å². The Morgan fingerprint density at radius 2 is 2.19 bits per heavy atom. The molecule has 0 bridgehead atoms. The molecular formula is C14H20ClN. The molecule has 88 valence electrons. The maximum absolute atomic E-state index is 6.15. The second kappa shape index (κ2) is 4.77. The van der Waals surface area contributed by atoms with Crippen LogP contribution in [0, 0.1) is 12.8 Å². The van der Waals surface area contributed by atoms with E-state index in [1.165, 1.54) is 29.5 Å². The average molecular weight is 238 g/mol. The smallest absolute Gasteiger partial charge is 0.0412 e. The van der Waals surface area contributed by atoms with Gasteiger partial charge in [-0.3, -0.25) is 0 Å². The van der Waals surface area contributed by atoms with Gasteiger partial charge in [0, 0.05) is 11.1 Å². The molecule has 1 aromatic rings. The van der Waals surface area contributed by atoms with Crippen LogP contribution >= 0.6 is 11.6 Å². The van der Waals surface area contributed by atoms with Crippen LogP contribution in [0.1, 0.15) is 43.0 Å². The van der Waals surface area contributed by atoms with E-state index >= 15 is 0 Å². The van der Waals surface area contributed by atoms with E-state index < -0.39 is 0 Å². The molecule has 1 aliphatic carbocycles. The molecule has 2 unspecified atom stereocenters. The van der Waals surface area contributed by atoms with Crippen LogP contribution in [0.5, 0.6) is 0 Å². The molecule has 1 nitrogen and oxygen atoms in total. The number of halogens is 1. The minimum absolute atomic E-state index is 0.493. The predicted molar refractivity (Wildman–Crippen MR) is 70.1 cm³/mol. The summed E-state index contributed by atoms with van der Waals surface area (Å²) in [7, 11) is 0. The Bertz CT molecular complexity index is 387. The lowest BCUT2D eigenvalue weighted by Gasteiger charge is -2.18. The third-order valence-electron chi connectivity index (χ3n) is 3.52. The molecule has 2 rings (SSSR count). The van der Waals surface area contributed by atoms with Crippen molar-refractivity contribution in [3.05, 3.63) is 33.8 Å². The normalized spacial score (nSPS) is 23.5. The summed E-state index contributed by atoms with van der Waals surface area (Å²) in [4.78, 5) is 0. The van der Waals surface area contributed by atoms with Gasteiger partial charge in [-0.2, -0.15) is 0 Å². The number of aryl methyl sites for hydroxylation is 1. The Balaban J connectivity index is 2.32. The quantitative estimate of drug-likeness (QED) is 0.841. The van der Waals surface area contributed by atoms with Crippen LogP contribution in [0.3, 0.4) is 0 Å². The third kappa shape index (κ3) is 2.11. The molecule has 0 spiro atoms. The van der Waals surface area contributed by atoms with Crippen molar-refractivity contribution in [1.29, 1.82) is 0 Å². The summed E-state index contributed by atoms with van der Waals surface area (Å²) in [6, 6.07) is 4.71. The first-order chi connectivity index (χ1) is 7.63. The maximum atomic E-state index is 6.15. The molecule has 16 heavy (non-hydrogen) atoms. The fourth-order valence-electron chi connectivity index (χ4n) is 2.71. The highest BCUT2D eigenvalue weighted by atomic mass is 35.5. The summed E-state index contributed by atoms with van der Waals surface area (Å²) in [5, 5.41) is 4.50. The third-order valence-corrected chi connectivity index (χ3v) is 3.73. The lowest BCUT2D eigenvalue weighted by atomic mass is 10.0. The Hall–Kier alpha value is -0.530. The summed E-state index contributed by atoms with van der Waals surface area (Å²) >= 11 is 6.15. The van der Waals surface area contributed by atoms with Crippen molar-refractivity contribution in [3.8, 4) is 0 Å². The van der Waals surface area contributed by atoms with E-state index in [4.69, 9.17) is 11.6 Å². The molecule has 1 aliphatic rings. The van der Waals surface area contributed by atoms with Crippen molar-refractivity contribution < 1.29 is 0 Å². The highest BCUT2D eigenvalue weighted by Gasteiger charge is 2.29. The number of rotatable bonds is 3. The van der Waals surface area contributed by atoms with Crippen LogP contribution in [0.15, 0.2) is 12.1 Å². The lowest BCUT2D eigenvalue weighted by molar-refractivity contribution is 0.417. The second-order valence-electron chi connectivity index (χ2n) is 4.90. The molecule has 0 amide bonds. The zero-order chi connectivity index (χ0) is 11.7. The van der Waals surface area contributed by atoms with E-state index in [-0.39, 0.29) is 0 Å². The van der Waals surface area contributed by atoms with Crippen LogP contribution < -0.4 is 5.32 Å². The van der Waals surface area contributed by atoms with Gasteiger partial charge in [0.05, 0.1) is 0 Å². The van der Waals surface area contributed by atoms with Crippen molar-refractivity contribution in [3.63, 3.8) is 0 Å². The first-order valence-electron chi connectivity index (χ1n) is 6.15. The van der Waals surface area contributed by atoms with Crippen LogP contribution in [0.2, 0.25) is 5.02 Å². The van der Waals surface area contributed by atoms with Gasteiger partial charge in [0.1, 0.15) is 0 Å². The lowest BCUT2D eigenvalue weighted by Crippen LogP contribution is -2.24. The topological polar surface area (TPSA) is 12.0 Å². The fraction of sp³-hybridized carbons (Fsp3) is 0.571. The molecule has 2 heteroatoms. The predicted octanol–water partition coefficient (Wildman–Crippen LogP) is 3.88. The first-order valence-corrected chi connectivity index (χ1v) is 6.53. The van der Waals surface area contributed by atoms with Crippen molar-refractivity contribution in [1.82, 2.24) is 5.32 Å². The van der Waals surface area contributed by atoms with Crippen LogP contribution in [-0.2, 0) is 6.42 Å².